The summed E-state index contributed by atoms with van der Waals surface area (Å²) >= 11 is 0. The van der Waals surface area contributed by atoms with Gasteiger partial charge in [0.25, 0.3) is 0 Å². The van der Waals surface area contributed by atoms with Crippen LogP contribution in [0.3, 0.4) is 0 Å². The van der Waals surface area contributed by atoms with Gasteiger partial charge in [-0.25, -0.2) is 5.43 Å². The lowest BCUT2D eigenvalue weighted by Crippen LogP contribution is -2.30. The van der Waals surface area contributed by atoms with Crippen molar-refractivity contribution in [3.05, 3.63) is 29.8 Å². The molecule has 2 atom stereocenters. The van der Waals surface area contributed by atoms with Gasteiger partial charge in [-0.05, 0) is 43.9 Å². The van der Waals surface area contributed by atoms with E-state index in [0.29, 0.717) is 17.8 Å². The Balaban J connectivity index is 1.69. The summed E-state index contributed by atoms with van der Waals surface area (Å²) < 4.78 is 0. The summed E-state index contributed by atoms with van der Waals surface area (Å²) in [6.07, 6.45) is 5.94. The van der Waals surface area contributed by atoms with Crippen LogP contribution in [0.2, 0.25) is 0 Å². The first-order valence-corrected chi connectivity index (χ1v) is 9.84. The lowest BCUT2D eigenvalue weighted by Gasteiger charge is -2.19. The first-order valence-electron chi connectivity index (χ1n) is 9.84. The molecule has 1 saturated heterocycles. The van der Waals surface area contributed by atoms with Crippen LogP contribution >= 0.6 is 0 Å². The molecule has 3 rings (SSSR count). The zero-order valence-corrected chi connectivity index (χ0v) is 16.0. The topological polar surface area (TPSA) is 78.8 Å². The number of hydrazone groups is 1. The summed E-state index contributed by atoms with van der Waals surface area (Å²) in [7, 11) is 0. The van der Waals surface area contributed by atoms with Gasteiger partial charge in [0.15, 0.2) is 0 Å². The molecule has 1 aromatic carbocycles. The number of fused-ring (bicyclic) bond motifs is 1. The number of hydrogen-bond acceptors (Lipinski definition) is 4. The second-order valence-corrected chi connectivity index (χ2v) is 7.39. The standard InChI is InChI=1S/C21H27N3O3/c1-3-4-9-19(25)23-22-14(2)15-10-12-16(13-11-15)24-20(26)17-7-5-6-8-18(17)21(24)27/h10-13,17-18H,3-9H2,1-2H3,(H,23,25)/b22-14+/t17-,18-/m1/s1. The number of nitrogens with zero attached hydrogens (tertiary/aromatic N) is 2. The Bertz CT molecular complexity index is 730. The van der Waals surface area contributed by atoms with Crippen LogP contribution in [0.5, 0.6) is 0 Å². The van der Waals surface area contributed by atoms with Gasteiger partial charge in [0, 0.05) is 6.42 Å². The minimum atomic E-state index is -0.146. The predicted molar refractivity (Wildman–Crippen MR) is 104 cm³/mol. The van der Waals surface area contributed by atoms with Crippen LogP contribution in [-0.4, -0.2) is 23.4 Å². The van der Waals surface area contributed by atoms with E-state index in [9.17, 15) is 14.4 Å². The summed E-state index contributed by atoms with van der Waals surface area (Å²) in [4.78, 5) is 38.3. The lowest BCUT2D eigenvalue weighted by molar-refractivity contribution is -0.123. The number of imide groups is 1. The largest absolute Gasteiger partial charge is 0.274 e. The Kier molecular flexibility index (Phi) is 6.04. The van der Waals surface area contributed by atoms with Crippen molar-refractivity contribution in [3.8, 4) is 0 Å². The molecular formula is C21H27N3O3. The van der Waals surface area contributed by atoms with E-state index in [2.05, 4.69) is 10.5 Å². The van der Waals surface area contributed by atoms with E-state index in [1.807, 2.05) is 26.0 Å². The summed E-state index contributed by atoms with van der Waals surface area (Å²) in [6, 6.07) is 7.21. The van der Waals surface area contributed by atoms with E-state index in [1.165, 1.54) is 4.90 Å². The van der Waals surface area contributed by atoms with Gasteiger partial charge in [-0.1, -0.05) is 38.3 Å². The number of unbranched alkanes of at least 4 members (excludes halogenated alkanes) is 1. The highest BCUT2D eigenvalue weighted by atomic mass is 16.2. The number of hydrogen-bond donors (Lipinski definition) is 1. The molecule has 1 aromatic rings. The van der Waals surface area contributed by atoms with E-state index in [-0.39, 0.29) is 29.6 Å². The third-order valence-corrected chi connectivity index (χ3v) is 5.49. The van der Waals surface area contributed by atoms with E-state index in [1.54, 1.807) is 12.1 Å². The molecule has 0 unspecified atom stereocenters. The molecule has 0 radical (unpaired) electrons. The lowest BCUT2D eigenvalue weighted by atomic mass is 9.81. The molecule has 1 N–H and O–H groups in total. The number of carbonyl (C=O) groups excluding carboxylic acids is 3. The number of amides is 3. The van der Waals surface area contributed by atoms with E-state index in [0.717, 1.165) is 44.1 Å². The van der Waals surface area contributed by atoms with Crippen molar-refractivity contribution < 1.29 is 14.4 Å². The van der Waals surface area contributed by atoms with Gasteiger partial charge in [0.05, 0.1) is 23.2 Å². The third kappa shape index (κ3) is 4.10. The van der Waals surface area contributed by atoms with Crippen LogP contribution < -0.4 is 10.3 Å². The molecule has 2 fully saturated rings. The molecule has 0 spiro atoms. The molecule has 2 aliphatic rings. The number of anilines is 1. The normalized spacial score (nSPS) is 22.7. The fraction of sp³-hybridized carbons (Fsp3) is 0.524. The van der Waals surface area contributed by atoms with Gasteiger partial charge in [0.1, 0.15) is 0 Å². The van der Waals surface area contributed by atoms with E-state index < -0.39 is 0 Å². The fourth-order valence-electron chi connectivity index (χ4n) is 3.87. The van der Waals surface area contributed by atoms with Crippen LogP contribution in [-0.2, 0) is 14.4 Å². The van der Waals surface area contributed by atoms with Crippen LogP contribution in [0.25, 0.3) is 0 Å². The summed E-state index contributed by atoms with van der Waals surface area (Å²) in [5, 5.41) is 4.13. The van der Waals surface area contributed by atoms with Gasteiger partial charge in [-0.3, -0.25) is 19.3 Å². The molecule has 1 heterocycles. The average Bonchev–Trinajstić information content (AvgIpc) is 2.95. The minimum absolute atomic E-state index is 0.0639. The number of nitrogens with one attached hydrogen (secondary N) is 1. The molecule has 0 bridgehead atoms. The maximum absolute atomic E-state index is 12.7. The second-order valence-electron chi connectivity index (χ2n) is 7.39. The molecule has 27 heavy (non-hydrogen) atoms. The first-order chi connectivity index (χ1) is 13.0. The number of carbonyl (C=O) groups is 3. The van der Waals surface area contributed by atoms with Gasteiger partial charge in [-0.15, -0.1) is 0 Å². The van der Waals surface area contributed by atoms with Gasteiger partial charge in [0.2, 0.25) is 17.7 Å². The molecule has 6 heteroatoms. The third-order valence-electron chi connectivity index (χ3n) is 5.49. The van der Waals surface area contributed by atoms with E-state index >= 15 is 0 Å². The Morgan fingerprint density at radius 1 is 1.11 bits per heavy atom. The van der Waals surface area contributed by atoms with Crippen molar-refractivity contribution in [1.29, 1.82) is 0 Å². The van der Waals surface area contributed by atoms with Crippen LogP contribution in [0, 0.1) is 11.8 Å². The highest BCUT2D eigenvalue weighted by molar-refractivity contribution is 6.22. The van der Waals surface area contributed by atoms with Crippen LogP contribution in [0.15, 0.2) is 29.4 Å². The summed E-state index contributed by atoms with van der Waals surface area (Å²) in [5.74, 6) is -0.513. The molecule has 0 aromatic heterocycles. The van der Waals surface area contributed by atoms with Crippen molar-refractivity contribution in [3.63, 3.8) is 0 Å². The van der Waals surface area contributed by atoms with Gasteiger partial charge in [-0.2, -0.15) is 5.10 Å². The molecule has 6 nitrogen and oxygen atoms in total. The molecule has 1 aliphatic heterocycles. The summed E-state index contributed by atoms with van der Waals surface area (Å²) in [6.45, 7) is 3.85. The molecule has 144 valence electrons. The number of benzene rings is 1. The predicted octanol–water partition coefficient (Wildman–Crippen LogP) is 3.40. The molecule has 3 amide bonds. The van der Waals surface area contributed by atoms with Crippen LogP contribution in [0.4, 0.5) is 5.69 Å². The maximum atomic E-state index is 12.7. The van der Waals surface area contributed by atoms with Crippen molar-refractivity contribution >= 4 is 29.1 Å². The van der Waals surface area contributed by atoms with Crippen molar-refractivity contribution in [2.45, 2.75) is 58.8 Å². The monoisotopic (exact) mass is 369 g/mol. The van der Waals surface area contributed by atoms with Crippen LogP contribution in [0.1, 0.15) is 64.4 Å². The second kappa shape index (κ2) is 8.46. The van der Waals surface area contributed by atoms with Crippen molar-refractivity contribution in [1.82, 2.24) is 5.43 Å². The zero-order chi connectivity index (χ0) is 19.4. The van der Waals surface area contributed by atoms with Crippen molar-refractivity contribution in [2.24, 2.45) is 16.9 Å². The Morgan fingerprint density at radius 2 is 1.70 bits per heavy atom. The summed E-state index contributed by atoms with van der Waals surface area (Å²) in [5.41, 5.74) is 4.70. The smallest absolute Gasteiger partial charge is 0.240 e. The highest BCUT2D eigenvalue weighted by Crippen LogP contribution is 2.40. The van der Waals surface area contributed by atoms with Gasteiger partial charge >= 0.3 is 0 Å². The number of rotatable bonds is 6. The highest BCUT2D eigenvalue weighted by Gasteiger charge is 2.48. The SMILES string of the molecule is CCCCC(=O)N/N=C(\C)c1ccc(N2C(=O)[C@@H]3CCCC[C@H]3C2=O)cc1. The quantitative estimate of drug-likeness (QED) is 0.474. The Hall–Kier alpha value is -2.50. The first kappa shape index (κ1) is 19.3. The average molecular weight is 369 g/mol. The Labute approximate surface area is 160 Å². The minimum Gasteiger partial charge on any atom is -0.274 e. The molecule has 1 saturated carbocycles. The van der Waals surface area contributed by atoms with E-state index in [4.69, 9.17) is 0 Å². The van der Waals surface area contributed by atoms with Crippen molar-refractivity contribution in [2.75, 3.05) is 4.90 Å². The van der Waals surface area contributed by atoms with Gasteiger partial charge < -0.3 is 0 Å². The molecular weight excluding hydrogens is 342 g/mol. The Morgan fingerprint density at radius 3 is 2.26 bits per heavy atom. The maximum Gasteiger partial charge on any atom is 0.240 e. The zero-order valence-electron chi connectivity index (χ0n) is 16.0. The fourth-order valence-corrected chi connectivity index (χ4v) is 3.87. The molecule has 1 aliphatic carbocycles.